The van der Waals surface area contributed by atoms with Gasteiger partial charge in [-0.3, -0.25) is 4.79 Å². The van der Waals surface area contributed by atoms with Crippen molar-refractivity contribution >= 4 is 5.91 Å². The Kier molecular flexibility index (Phi) is 7.77. The van der Waals surface area contributed by atoms with Gasteiger partial charge in [0, 0.05) is 25.8 Å². The van der Waals surface area contributed by atoms with Gasteiger partial charge in [0.25, 0.3) is 5.91 Å². The van der Waals surface area contributed by atoms with Crippen LogP contribution in [0.1, 0.15) is 23.2 Å². The monoisotopic (exact) mass is 269 g/mol. The fraction of sp³-hybridized carbons (Fsp3) is 0.500. The van der Waals surface area contributed by atoms with Gasteiger partial charge >= 0.3 is 0 Å². The molecule has 0 aromatic heterocycles. The van der Waals surface area contributed by atoms with Gasteiger partial charge in [-0.1, -0.05) is 0 Å². The van der Waals surface area contributed by atoms with Crippen molar-refractivity contribution in [2.75, 3.05) is 33.5 Å². The summed E-state index contributed by atoms with van der Waals surface area (Å²) < 4.78 is 22.8. The van der Waals surface area contributed by atoms with Crippen molar-refractivity contribution in [3.8, 4) is 0 Å². The molecule has 1 amide bonds. The van der Waals surface area contributed by atoms with E-state index in [0.29, 0.717) is 31.9 Å². The van der Waals surface area contributed by atoms with Crippen LogP contribution in [0.4, 0.5) is 4.39 Å². The lowest BCUT2D eigenvalue weighted by Gasteiger charge is -2.06. The molecule has 1 N–H and O–H groups in total. The van der Waals surface area contributed by atoms with E-state index in [-0.39, 0.29) is 11.7 Å². The molecule has 0 aliphatic rings. The van der Waals surface area contributed by atoms with Crippen LogP contribution in [0, 0.1) is 5.82 Å². The van der Waals surface area contributed by atoms with Gasteiger partial charge in [-0.15, -0.1) is 0 Å². The van der Waals surface area contributed by atoms with Gasteiger partial charge in [0.2, 0.25) is 0 Å². The number of halogens is 1. The number of ether oxygens (including phenoxy) is 2. The summed E-state index contributed by atoms with van der Waals surface area (Å²) in [6.45, 7) is 2.44. The molecule has 5 heteroatoms. The number of carbonyl (C=O) groups is 1. The van der Waals surface area contributed by atoms with E-state index in [1.807, 2.05) is 0 Å². The zero-order chi connectivity index (χ0) is 13.9. The smallest absolute Gasteiger partial charge is 0.251 e. The van der Waals surface area contributed by atoms with E-state index in [1.54, 1.807) is 7.11 Å². The predicted octanol–water partition coefficient (Wildman–Crippen LogP) is 2.00. The first-order chi connectivity index (χ1) is 9.24. The minimum atomic E-state index is -0.343. The zero-order valence-corrected chi connectivity index (χ0v) is 11.2. The second kappa shape index (κ2) is 9.47. The standard InChI is InChI=1S/C14H20FNO3/c1-18-10-11-19-9-3-2-8-16-14(17)12-4-6-13(15)7-5-12/h4-7H,2-3,8-11H2,1H3,(H,16,17). The molecule has 1 aromatic carbocycles. The minimum Gasteiger partial charge on any atom is -0.382 e. The van der Waals surface area contributed by atoms with Gasteiger partial charge in [0.15, 0.2) is 0 Å². The molecule has 4 nitrogen and oxygen atoms in total. The Morgan fingerprint density at radius 3 is 2.58 bits per heavy atom. The molecule has 0 aliphatic heterocycles. The zero-order valence-electron chi connectivity index (χ0n) is 11.2. The van der Waals surface area contributed by atoms with Gasteiger partial charge in [-0.05, 0) is 37.1 Å². The number of carbonyl (C=O) groups excluding carboxylic acids is 1. The van der Waals surface area contributed by atoms with Crippen LogP contribution >= 0.6 is 0 Å². The van der Waals surface area contributed by atoms with Crippen molar-refractivity contribution in [2.45, 2.75) is 12.8 Å². The molecule has 0 bridgehead atoms. The maximum absolute atomic E-state index is 12.7. The number of hydrogen-bond acceptors (Lipinski definition) is 3. The molecule has 106 valence electrons. The van der Waals surface area contributed by atoms with Crippen molar-refractivity contribution in [1.82, 2.24) is 5.32 Å². The molecule has 0 saturated carbocycles. The number of benzene rings is 1. The molecule has 0 saturated heterocycles. The summed E-state index contributed by atoms with van der Waals surface area (Å²) in [7, 11) is 1.63. The molecular formula is C14H20FNO3. The molecule has 0 spiro atoms. The van der Waals surface area contributed by atoms with Crippen LogP contribution in [0.25, 0.3) is 0 Å². The highest BCUT2D eigenvalue weighted by atomic mass is 19.1. The lowest BCUT2D eigenvalue weighted by atomic mass is 10.2. The topological polar surface area (TPSA) is 47.6 Å². The Morgan fingerprint density at radius 1 is 1.16 bits per heavy atom. The summed E-state index contributed by atoms with van der Waals surface area (Å²) >= 11 is 0. The Hall–Kier alpha value is -1.46. The van der Waals surface area contributed by atoms with Gasteiger partial charge in [-0.25, -0.2) is 4.39 Å². The number of rotatable bonds is 9. The normalized spacial score (nSPS) is 10.4. The van der Waals surface area contributed by atoms with Gasteiger partial charge in [-0.2, -0.15) is 0 Å². The minimum absolute atomic E-state index is 0.180. The quantitative estimate of drug-likeness (QED) is 0.697. The van der Waals surface area contributed by atoms with Crippen molar-refractivity contribution in [3.05, 3.63) is 35.6 Å². The first-order valence-corrected chi connectivity index (χ1v) is 6.34. The summed E-state index contributed by atoms with van der Waals surface area (Å²) in [5, 5.41) is 2.78. The highest BCUT2D eigenvalue weighted by Crippen LogP contribution is 2.02. The molecule has 19 heavy (non-hydrogen) atoms. The van der Waals surface area contributed by atoms with E-state index < -0.39 is 0 Å². The van der Waals surface area contributed by atoms with Crippen molar-refractivity contribution < 1.29 is 18.7 Å². The van der Waals surface area contributed by atoms with Crippen LogP contribution in [-0.4, -0.2) is 39.4 Å². The van der Waals surface area contributed by atoms with Crippen molar-refractivity contribution in [1.29, 1.82) is 0 Å². The molecule has 1 rings (SSSR count). The van der Waals surface area contributed by atoms with Crippen molar-refractivity contribution in [3.63, 3.8) is 0 Å². The van der Waals surface area contributed by atoms with Gasteiger partial charge in [0.05, 0.1) is 13.2 Å². The summed E-state index contributed by atoms with van der Waals surface area (Å²) in [5.41, 5.74) is 0.470. The molecule has 0 radical (unpaired) electrons. The summed E-state index contributed by atoms with van der Waals surface area (Å²) in [5.74, 6) is -0.523. The predicted molar refractivity (Wildman–Crippen MR) is 70.7 cm³/mol. The highest BCUT2D eigenvalue weighted by Gasteiger charge is 2.03. The van der Waals surface area contributed by atoms with E-state index in [9.17, 15) is 9.18 Å². The molecule has 0 unspecified atom stereocenters. The average Bonchev–Trinajstić information content (AvgIpc) is 2.42. The second-order valence-electron chi connectivity index (χ2n) is 4.08. The van der Waals surface area contributed by atoms with Gasteiger partial charge in [0.1, 0.15) is 5.82 Å². The Balaban J connectivity index is 2.06. The summed E-state index contributed by atoms with van der Waals surface area (Å²) in [4.78, 5) is 11.6. The molecule has 0 atom stereocenters. The second-order valence-corrected chi connectivity index (χ2v) is 4.08. The molecule has 1 aromatic rings. The Labute approximate surface area is 112 Å². The lowest BCUT2D eigenvalue weighted by molar-refractivity contribution is 0.0686. The van der Waals surface area contributed by atoms with Crippen LogP contribution in [0.3, 0.4) is 0 Å². The van der Waals surface area contributed by atoms with Crippen LogP contribution in [-0.2, 0) is 9.47 Å². The van der Waals surface area contributed by atoms with Gasteiger partial charge < -0.3 is 14.8 Å². The SMILES string of the molecule is COCCOCCCCNC(=O)c1ccc(F)cc1. The van der Waals surface area contributed by atoms with E-state index in [2.05, 4.69) is 5.32 Å². The Bertz CT molecular complexity index is 367. The van der Waals surface area contributed by atoms with E-state index >= 15 is 0 Å². The van der Waals surface area contributed by atoms with E-state index in [4.69, 9.17) is 9.47 Å². The third kappa shape index (κ3) is 6.88. The first-order valence-electron chi connectivity index (χ1n) is 6.34. The molecule has 0 heterocycles. The number of methoxy groups -OCH3 is 1. The Morgan fingerprint density at radius 2 is 1.89 bits per heavy atom. The maximum Gasteiger partial charge on any atom is 0.251 e. The lowest BCUT2D eigenvalue weighted by Crippen LogP contribution is -2.24. The third-order valence-electron chi connectivity index (χ3n) is 2.54. The number of amides is 1. The number of hydrogen-bond donors (Lipinski definition) is 1. The molecule has 0 fully saturated rings. The maximum atomic E-state index is 12.7. The third-order valence-corrected chi connectivity index (χ3v) is 2.54. The van der Waals surface area contributed by atoms with Crippen LogP contribution in [0.2, 0.25) is 0 Å². The average molecular weight is 269 g/mol. The molecular weight excluding hydrogens is 249 g/mol. The van der Waals surface area contributed by atoms with Crippen molar-refractivity contribution in [2.24, 2.45) is 0 Å². The summed E-state index contributed by atoms with van der Waals surface area (Å²) in [6, 6.07) is 5.49. The molecule has 0 aliphatic carbocycles. The van der Waals surface area contributed by atoms with E-state index in [1.165, 1.54) is 24.3 Å². The number of nitrogens with one attached hydrogen (secondary N) is 1. The fourth-order valence-corrected chi connectivity index (χ4v) is 1.48. The first kappa shape index (κ1) is 15.6. The van der Waals surface area contributed by atoms with Crippen LogP contribution in [0.15, 0.2) is 24.3 Å². The summed E-state index contributed by atoms with van der Waals surface area (Å²) in [6.07, 6.45) is 1.73. The highest BCUT2D eigenvalue weighted by molar-refractivity contribution is 5.94. The fourth-order valence-electron chi connectivity index (χ4n) is 1.48. The largest absolute Gasteiger partial charge is 0.382 e. The van der Waals surface area contributed by atoms with Crippen LogP contribution in [0.5, 0.6) is 0 Å². The van der Waals surface area contributed by atoms with E-state index in [0.717, 1.165) is 12.8 Å². The number of unbranched alkanes of at least 4 members (excludes halogenated alkanes) is 1. The van der Waals surface area contributed by atoms with Crippen LogP contribution < -0.4 is 5.32 Å².